The Balaban J connectivity index is 6.02. The van der Waals surface area contributed by atoms with Crippen LogP contribution in [-0.4, -0.2) is 21.6 Å². The minimum Gasteiger partial charge on any atom is -0.403 e. The predicted octanol–water partition coefficient (Wildman–Crippen LogP) is 5.34. The summed E-state index contributed by atoms with van der Waals surface area (Å²) in [6.07, 6.45) is 0. The second-order valence-electron chi connectivity index (χ2n) is 7.76. The van der Waals surface area contributed by atoms with Gasteiger partial charge in [-0.1, -0.05) is 41.5 Å². The van der Waals surface area contributed by atoms with E-state index in [-0.39, 0.29) is 0 Å². The van der Waals surface area contributed by atoms with E-state index in [9.17, 15) is 5.26 Å². The molecule has 1 atom stereocenters. The zero-order valence-corrected chi connectivity index (χ0v) is 16.6. The van der Waals surface area contributed by atoms with Gasteiger partial charge in [0.05, 0.1) is 6.07 Å². The van der Waals surface area contributed by atoms with E-state index in [0.29, 0.717) is 16.6 Å². The van der Waals surface area contributed by atoms with Crippen LogP contribution in [0.4, 0.5) is 0 Å². The molecule has 19 heavy (non-hydrogen) atoms. The monoisotopic (exact) mass is 299 g/mol. The molecular formula is C15H33NOSi2. The molecule has 0 aromatic carbocycles. The van der Waals surface area contributed by atoms with Crippen LogP contribution in [0.2, 0.25) is 36.3 Å². The molecular weight excluding hydrogens is 266 g/mol. The first kappa shape index (κ1) is 18.9. The van der Waals surface area contributed by atoms with Crippen LogP contribution in [0.5, 0.6) is 0 Å². The predicted molar refractivity (Wildman–Crippen MR) is 89.5 cm³/mol. The van der Waals surface area contributed by atoms with Gasteiger partial charge in [-0.3, -0.25) is 0 Å². The van der Waals surface area contributed by atoms with Gasteiger partial charge in [0.15, 0.2) is 8.32 Å². The third-order valence-electron chi connectivity index (χ3n) is 4.42. The topological polar surface area (TPSA) is 33.0 Å². The number of rotatable bonds is 6. The summed E-state index contributed by atoms with van der Waals surface area (Å²) in [6.45, 7) is 22.3. The van der Waals surface area contributed by atoms with E-state index in [1.54, 1.807) is 0 Å². The van der Waals surface area contributed by atoms with Crippen molar-refractivity contribution < 1.29 is 4.43 Å². The lowest BCUT2D eigenvalue weighted by Gasteiger charge is -2.53. The molecule has 0 aromatic rings. The smallest absolute Gasteiger partial charge is 0.185 e. The van der Waals surface area contributed by atoms with E-state index in [0.717, 1.165) is 0 Å². The van der Waals surface area contributed by atoms with Gasteiger partial charge in [-0.05, 0) is 43.2 Å². The third kappa shape index (κ3) is 3.50. The van der Waals surface area contributed by atoms with Crippen LogP contribution in [0.25, 0.3) is 0 Å². The molecule has 0 fully saturated rings. The first-order chi connectivity index (χ1) is 8.35. The second-order valence-corrected chi connectivity index (χ2v) is 18.5. The third-order valence-corrected chi connectivity index (χ3v) is 13.2. The molecule has 0 bridgehead atoms. The van der Waals surface area contributed by atoms with Crippen molar-refractivity contribution >= 4 is 16.4 Å². The largest absolute Gasteiger partial charge is 0.403 e. The van der Waals surface area contributed by atoms with Crippen molar-refractivity contribution in [1.82, 2.24) is 0 Å². The lowest BCUT2D eigenvalue weighted by molar-refractivity contribution is 0.204. The van der Waals surface area contributed by atoms with Crippen molar-refractivity contribution in [3.05, 3.63) is 0 Å². The van der Waals surface area contributed by atoms with Crippen molar-refractivity contribution in [3.63, 3.8) is 0 Å². The van der Waals surface area contributed by atoms with Crippen molar-refractivity contribution in [3.8, 4) is 6.07 Å². The summed E-state index contributed by atoms with van der Waals surface area (Å²) in [7, 11) is -3.69. The van der Waals surface area contributed by atoms with Gasteiger partial charge in [-0.2, -0.15) is 5.26 Å². The quantitative estimate of drug-likeness (QED) is 0.620. The number of hydrogen-bond donors (Lipinski definition) is 0. The summed E-state index contributed by atoms with van der Waals surface area (Å²) >= 11 is 0. The Morgan fingerprint density at radius 2 is 1.21 bits per heavy atom. The molecule has 0 aliphatic heterocycles. The van der Waals surface area contributed by atoms with Crippen molar-refractivity contribution in [2.45, 2.75) is 90.0 Å². The molecule has 0 amide bonds. The van der Waals surface area contributed by atoms with Crippen molar-refractivity contribution in [2.24, 2.45) is 0 Å². The summed E-state index contributed by atoms with van der Waals surface area (Å²) in [5.74, 6) is 0. The van der Waals surface area contributed by atoms with Crippen molar-refractivity contribution in [1.29, 1.82) is 5.26 Å². The number of hydrogen-bond acceptors (Lipinski definition) is 2. The molecule has 2 nitrogen and oxygen atoms in total. The van der Waals surface area contributed by atoms with E-state index in [2.05, 4.69) is 74.2 Å². The summed E-state index contributed by atoms with van der Waals surface area (Å²) in [4.78, 5) is 0. The minimum absolute atomic E-state index is 0.536. The van der Waals surface area contributed by atoms with Gasteiger partial charge in [-0.25, -0.2) is 0 Å². The van der Waals surface area contributed by atoms with Gasteiger partial charge >= 0.3 is 0 Å². The summed E-state index contributed by atoms with van der Waals surface area (Å²) < 4.78 is 6.46. The first-order valence-corrected chi connectivity index (χ1v) is 13.1. The fourth-order valence-corrected chi connectivity index (χ4v) is 14.9. The lowest BCUT2D eigenvalue weighted by Crippen LogP contribution is -2.65. The van der Waals surface area contributed by atoms with Gasteiger partial charge in [0.25, 0.3) is 0 Å². The Morgan fingerprint density at radius 3 is 1.37 bits per heavy atom. The second kappa shape index (κ2) is 6.11. The van der Waals surface area contributed by atoms with Crippen LogP contribution in [0.15, 0.2) is 0 Å². The molecule has 4 heteroatoms. The average molecular weight is 300 g/mol. The van der Waals surface area contributed by atoms with Gasteiger partial charge in [0.2, 0.25) is 0 Å². The summed E-state index contributed by atoms with van der Waals surface area (Å²) in [5, 5.41) is 9.32. The Hall–Kier alpha value is -0.116. The molecule has 0 rings (SSSR count). The van der Waals surface area contributed by atoms with Crippen LogP contribution in [0.1, 0.15) is 48.5 Å². The summed E-state index contributed by atoms with van der Waals surface area (Å²) in [5.41, 5.74) is 1.61. The van der Waals surface area contributed by atoms with Crippen LogP contribution < -0.4 is 0 Å². The molecule has 112 valence electrons. The van der Waals surface area contributed by atoms with Gasteiger partial charge in [-0.15, -0.1) is 0 Å². The highest BCUT2D eigenvalue weighted by Crippen LogP contribution is 2.50. The maximum atomic E-state index is 9.91. The standard InChI is InChI=1S/C15H33NOSi2/c1-12(2)19(13(3)4,14(5)6)15(7,11-16)17-18(8,9)10/h12-14H,1-10H3. The number of nitrogens with zero attached hydrogens (tertiary/aromatic N) is 1. The molecule has 0 aliphatic rings. The van der Waals surface area contributed by atoms with Crippen LogP contribution >= 0.6 is 0 Å². The average Bonchev–Trinajstić information content (AvgIpc) is 2.13. The van der Waals surface area contributed by atoms with E-state index in [1.807, 2.05) is 0 Å². The Bertz CT molecular complexity index is 317. The normalized spacial score (nSPS) is 16.8. The Kier molecular flexibility index (Phi) is 6.07. The Labute approximate surface area is 122 Å². The van der Waals surface area contributed by atoms with E-state index in [1.165, 1.54) is 0 Å². The fraction of sp³-hybridized carbons (Fsp3) is 0.933. The van der Waals surface area contributed by atoms with Crippen LogP contribution in [0, 0.1) is 11.3 Å². The van der Waals surface area contributed by atoms with Crippen LogP contribution in [-0.2, 0) is 4.43 Å². The lowest BCUT2D eigenvalue weighted by atomic mass is 10.4. The van der Waals surface area contributed by atoms with Crippen LogP contribution in [0.3, 0.4) is 0 Å². The molecule has 1 unspecified atom stereocenters. The molecule has 0 N–H and O–H groups in total. The molecule has 0 radical (unpaired) electrons. The first-order valence-electron chi connectivity index (χ1n) is 7.46. The van der Waals surface area contributed by atoms with Gasteiger partial charge < -0.3 is 4.43 Å². The molecule has 0 aromatic heterocycles. The zero-order chi connectivity index (χ0) is 15.6. The molecule has 0 aliphatic carbocycles. The maximum Gasteiger partial charge on any atom is 0.185 e. The highest BCUT2D eigenvalue weighted by molar-refractivity contribution is 6.87. The summed E-state index contributed by atoms with van der Waals surface area (Å²) in [6, 6.07) is 2.59. The van der Waals surface area contributed by atoms with Gasteiger partial charge in [0.1, 0.15) is 13.3 Å². The minimum atomic E-state index is -1.94. The molecule has 0 heterocycles. The zero-order valence-electron chi connectivity index (χ0n) is 14.6. The highest BCUT2D eigenvalue weighted by Gasteiger charge is 2.58. The van der Waals surface area contributed by atoms with E-state index >= 15 is 0 Å². The molecule has 0 saturated carbocycles. The molecule has 0 saturated heterocycles. The highest BCUT2D eigenvalue weighted by atomic mass is 28.4. The fourth-order valence-electron chi connectivity index (χ4n) is 4.47. The van der Waals surface area contributed by atoms with Gasteiger partial charge in [0, 0.05) is 0 Å². The molecule has 0 spiro atoms. The maximum absolute atomic E-state index is 9.91. The van der Waals surface area contributed by atoms with Crippen molar-refractivity contribution in [2.75, 3.05) is 0 Å². The van der Waals surface area contributed by atoms with E-state index in [4.69, 9.17) is 4.43 Å². The number of nitriles is 1. The van der Waals surface area contributed by atoms with E-state index < -0.39 is 21.6 Å². The SMILES string of the molecule is CC(C)[Si](C(C)C)(C(C)C)C(C)(C#N)O[Si](C)(C)C. The Morgan fingerprint density at radius 1 is 0.895 bits per heavy atom.